The molecule has 0 unspecified atom stereocenters. The Morgan fingerprint density at radius 3 is 2.25 bits per heavy atom. The Bertz CT molecular complexity index is 242. The summed E-state index contributed by atoms with van der Waals surface area (Å²) in [5.41, 5.74) is -0.771. The molecule has 0 aromatic rings. The third-order valence-electron chi connectivity index (χ3n) is 1.97. The van der Waals surface area contributed by atoms with Crippen LogP contribution >= 0.6 is 0 Å². The van der Waals surface area contributed by atoms with Crippen molar-refractivity contribution in [3.63, 3.8) is 0 Å². The lowest BCUT2D eigenvalue weighted by Crippen LogP contribution is -2.25. The summed E-state index contributed by atoms with van der Waals surface area (Å²) >= 11 is 0. The van der Waals surface area contributed by atoms with Gasteiger partial charge in [0.05, 0.1) is 0 Å². The largest absolute Gasteiger partial charge is 0.450 e. The second-order valence-electron chi connectivity index (χ2n) is 3.02. The van der Waals surface area contributed by atoms with Crippen LogP contribution < -0.4 is 0 Å². The first kappa shape index (κ1) is 9.11. The SMILES string of the molecule is C#CC1(CC(=O)C(F)(F)F)CC1. The van der Waals surface area contributed by atoms with E-state index in [-0.39, 0.29) is 0 Å². The Morgan fingerprint density at radius 2 is 2.00 bits per heavy atom. The van der Waals surface area contributed by atoms with Gasteiger partial charge in [0.25, 0.3) is 0 Å². The van der Waals surface area contributed by atoms with Crippen molar-refractivity contribution < 1.29 is 18.0 Å². The maximum Gasteiger partial charge on any atom is 0.450 e. The zero-order valence-electron chi connectivity index (χ0n) is 6.24. The van der Waals surface area contributed by atoms with E-state index in [0.29, 0.717) is 12.8 Å². The molecule has 0 saturated heterocycles. The van der Waals surface area contributed by atoms with Crippen LogP contribution in [0.3, 0.4) is 0 Å². The Balaban J connectivity index is 2.54. The molecule has 0 bridgehead atoms. The number of Topliss-reactive ketones (excluding diaryl/α,β-unsaturated/α-hetero) is 1. The summed E-state index contributed by atoms with van der Waals surface area (Å²) in [4.78, 5) is 10.5. The van der Waals surface area contributed by atoms with Crippen LogP contribution in [0.2, 0.25) is 0 Å². The van der Waals surface area contributed by atoms with Gasteiger partial charge in [0.1, 0.15) is 0 Å². The zero-order chi connectivity index (χ0) is 9.41. The van der Waals surface area contributed by atoms with Gasteiger partial charge in [-0.3, -0.25) is 4.79 Å². The van der Waals surface area contributed by atoms with Gasteiger partial charge in [0.2, 0.25) is 5.78 Å². The van der Waals surface area contributed by atoms with Crippen LogP contribution in [0.4, 0.5) is 13.2 Å². The Labute approximate surface area is 67.9 Å². The van der Waals surface area contributed by atoms with Crippen molar-refractivity contribution in [2.24, 2.45) is 5.41 Å². The van der Waals surface area contributed by atoms with E-state index >= 15 is 0 Å². The maximum atomic E-state index is 11.7. The van der Waals surface area contributed by atoms with E-state index in [4.69, 9.17) is 6.42 Å². The van der Waals surface area contributed by atoms with Crippen molar-refractivity contribution in [3.8, 4) is 12.3 Å². The molecule has 1 fully saturated rings. The van der Waals surface area contributed by atoms with Crippen LogP contribution in [0.5, 0.6) is 0 Å². The normalized spacial score (nSPS) is 19.8. The number of hydrogen-bond acceptors (Lipinski definition) is 1. The first-order valence-corrected chi connectivity index (χ1v) is 3.47. The standard InChI is InChI=1S/C8H7F3O/c1-2-7(3-4-7)5-6(12)8(9,10)11/h1H,3-5H2. The first-order chi connectivity index (χ1) is 5.40. The molecule has 4 heteroatoms. The number of rotatable bonds is 2. The molecular formula is C8H7F3O. The molecule has 1 saturated carbocycles. The van der Waals surface area contributed by atoms with Crippen molar-refractivity contribution in [3.05, 3.63) is 0 Å². The molecule has 0 heterocycles. The summed E-state index contributed by atoms with van der Waals surface area (Å²) in [6.07, 6.45) is 0.779. The van der Waals surface area contributed by atoms with E-state index in [1.165, 1.54) is 0 Å². The van der Waals surface area contributed by atoms with Gasteiger partial charge >= 0.3 is 6.18 Å². The molecule has 0 aromatic carbocycles. The summed E-state index contributed by atoms with van der Waals surface area (Å²) in [5.74, 6) is 0.524. The van der Waals surface area contributed by atoms with Crippen molar-refractivity contribution in [1.82, 2.24) is 0 Å². The lowest BCUT2D eigenvalue weighted by atomic mass is 10.0. The molecule has 0 radical (unpaired) electrons. The molecule has 1 rings (SSSR count). The summed E-state index contributed by atoms with van der Waals surface area (Å²) in [6.45, 7) is 0. The minimum atomic E-state index is -4.73. The van der Waals surface area contributed by atoms with Crippen LogP contribution in [0.15, 0.2) is 0 Å². The summed E-state index contributed by atoms with van der Waals surface area (Å²) in [7, 11) is 0. The van der Waals surface area contributed by atoms with Crippen LogP contribution in [-0.4, -0.2) is 12.0 Å². The quantitative estimate of drug-likeness (QED) is 0.587. The molecule has 0 spiro atoms. The molecule has 0 aromatic heterocycles. The number of ketones is 1. The molecule has 12 heavy (non-hydrogen) atoms. The monoisotopic (exact) mass is 176 g/mol. The highest BCUT2D eigenvalue weighted by Gasteiger charge is 2.49. The highest BCUT2D eigenvalue weighted by atomic mass is 19.4. The summed E-state index contributed by atoms with van der Waals surface area (Å²) in [5, 5.41) is 0. The average molecular weight is 176 g/mol. The number of carbonyl (C=O) groups excluding carboxylic acids is 1. The second-order valence-corrected chi connectivity index (χ2v) is 3.02. The van der Waals surface area contributed by atoms with Crippen LogP contribution in [0, 0.1) is 17.8 Å². The second kappa shape index (κ2) is 2.51. The van der Waals surface area contributed by atoms with Gasteiger partial charge in [-0.05, 0) is 12.8 Å². The fourth-order valence-corrected chi connectivity index (χ4v) is 0.931. The predicted molar refractivity (Wildman–Crippen MR) is 36.2 cm³/mol. The first-order valence-electron chi connectivity index (χ1n) is 3.47. The Morgan fingerprint density at radius 1 is 1.50 bits per heavy atom. The molecule has 1 nitrogen and oxygen atoms in total. The smallest absolute Gasteiger partial charge is 0.290 e. The molecule has 0 amide bonds. The number of carbonyl (C=O) groups is 1. The van der Waals surface area contributed by atoms with E-state index in [1.54, 1.807) is 0 Å². The number of terminal acetylenes is 1. The topological polar surface area (TPSA) is 17.1 Å². The van der Waals surface area contributed by atoms with E-state index < -0.39 is 23.8 Å². The van der Waals surface area contributed by atoms with Crippen LogP contribution in [0.25, 0.3) is 0 Å². The van der Waals surface area contributed by atoms with Crippen molar-refractivity contribution in [2.45, 2.75) is 25.4 Å². The average Bonchev–Trinajstić information content (AvgIpc) is 2.67. The Kier molecular flexibility index (Phi) is 1.91. The van der Waals surface area contributed by atoms with E-state index in [1.807, 2.05) is 0 Å². The fourth-order valence-electron chi connectivity index (χ4n) is 0.931. The van der Waals surface area contributed by atoms with Gasteiger partial charge in [-0.25, -0.2) is 0 Å². The highest BCUT2D eigenvalue weighted by molar-refractivity contribution is 5.85. The Hall–Kier alpha value is -0.980. The van der Waals surface area contributed by atoms with Crippen molar-refractivity contribution in [2.75, 3.05) is 0 Å². The van der Waals surface area contributed by atoms with Crippen LogP contribution in [-0.2, 0) is 4.79 Å². The molecular weight excluding hydrogens is 169 g/mol. The lowest BCUT2D eigenvalue weighted by Gasteiger charge is -2.08. The minimum absolute atomic E-state index is 0.533. The number of hydrogen-bond donors (Lipinski definition) is 0. The summed E-state index contributed by atoms with van der Waals surface area (Å²) in [6, 6.07) is 0. The van der Waals surface area contributed by atoms with Gasteiger partial charge in [-0.15, -0.1) is 6.42 Å². The molecule has 0 N–H and O–H groups in total. The summed E-state index contributed by atoms with van der Waals surface area (Å²) < 4.78 is 35.2. The minimum Gasteiger partial charge on any atom is -0.290 e. The number of halogens is 3. The van der Waals surface area contributed by atoms with E-state index in [0.717, 1.165) is 0 Å². The molecule has 0 atom stereocenters. The fraction of sp³-hybridized carbons (Fsp3) is 0.625. The zero-order valence-corrected chi connectivity index (χ0v) is 6.24. The van der Waals surface area contributed by atoms with Crippen molar-refractivity contribution >= 4 is 5.78 Å². The lowest BCUT2D eigenvalue weighted by molar-refractivity contribution is -0.171. The van der Waals surface area contributed by atoms with Crippen molar-refractivity contribution in [1.29, 1.82) is 0 Å². The van der Waals surface area contributed by atoms with Gasteiger partial charge in [0, 0.05) is 11.8 Å². The highest BCUT2D eigenvalue weighted by Crippen LogP contribution is 2.49. The van der Waals surface area contributed by atoms with E-state index in [9.17, 15) is 18.0 Å². The molecule has 1 aliphatic carbocycles. The molecule has 1 aliphatic rings. The van der Waals surface area contributed by atoms with Gasteiger partial charge in [0.15, 0.2) is 0 Å². The van der Waals surface area contributed by atoms with Gasteiger partial charge < -0.3 is 0 Å². The third kappa shape index (κ3) is 1.79. The van der Waals surface area contributed by atoms with Gasteiger partial charge in [-0.1, -0.05) is 5.92 Å². The van der Waals surface area contributed by atoms with Crippen LogP contribution in [0.1, 0.15) is 19.3 Å². The maximum absolute atomic E-state index is 11.7. The molecule has 0 aliphatic heterocycles. The predicted octanol–water partition coefficient (Wildman–Crippen LogP) is 1.92. The van der Waals surface area contributed by atoms with Gasteiger partial charge in [-0.2, -0.15) is 13.2 Å². The third-order valence-corrected chi connectivity index (χ3v) is 1.97. The van der Waals surface area contributed by atoms with E-state index in [2.05, 4.69) is 5.92 Å². The number of alkyl halides is 3. The molecule has 66 valence electrons.